The van der Waals surface area contributed by atoms with Crippen LogP contribution in [0.4, 0.5) is 0 Å². The van der Waals surface area contributed by atoms with Crippen LogP contribution in [0, 0.1) is 0 Å². The minimum atomic E-state index is -0.440. The second-order valence-corrected chi connectivity index (χ2v) is 4.79. The summed E-state index contributed by atoms with van der Waals surface area (Å²) in [5, 5.41) is 4.12. The Bertz CT molecular complexity index is 392. The van der Waals surface area contributed by atoms with E-state index in [1.807, 2.05) is 6.92 Å². The predicted molar refractivity (Wildman–Crippen MR) is 72.0 cm³/mol. The molecule has 1 heterocycles. The third-order valence-electron chi connectivity index (χ3n) is 1.72. The average Bonchev–Trinajstić information content (AvgIpc) is 2.72. The SMILES string of the molecule is CCO/C=C/c1cn(PI)nc1C(=O)OC. The monoisotopic (exact) mass is 354 g/mol. The molecule has 0 spiro atoms. The van der Waals surface area contributed by atoms with Crippen LogP contribution >= 0.6 is 28.4 Å². The molecule has 1 aromatic rings. The number of ether oxygens (including phenoxy) is 2. The summed E-state index contributed by atoms with van der Waals surface area (Å²) >= 11 is 2.18. The van der Waals surface area contributed by atoms with Crippen molar-refractivity contribution in [1.82, 2.24) is 9.55 Å². The van der Waals surface area contributed by atoms with Crippen molar-refractivity contribution in [3.05, 3.63) is 23.7 Å². The summed E-state index contributed by atoms with van der Waals surface area (Å²) in [6, 6.07) is 0. The number of nitrogens with zero attached hydrogens (tertiary/aromatic N) is 2. The molecule has 0 radical (unpaired) electrons. The molecule has 0 saturated heterocycles. The van der Waals surface area contributed by atoms with Crippen molar-refractivity contribution in [3.63, 3.8) is 0 Å². The van der Waals surface area contributed by atoms with Gasteiger partial charge in [0.25, 0.3) is 0 Å². The fourth-order valence-electron chi connectivity index (χ4n) is 1.03. The molecule has 7 heteroatoms. The number of methoxy groups -OCH3 is 1. The molecule has 0 aliphatic heterocycles. The van der Waals surface area contributed by atoms with E-state index in [9.17, 15) is 4.79 Å². The normalized spacial score (nSPS) is 11.4. The summed E-state index contributed by atoms with van der Waals surface area (Å²) < 4.78 is 11.4. The van der Waals surface area contributed by atoms with Crippen molar-refractivity contribution < 1.29 is 14.3 Å². The van der Waals surface area contributed by atoms with Gasteiger partial charge in [0.1, 0.15) is 0 Å². The highest BCUT2D eigenvalue weighted by atomic mass is 127. The van der Waals surface area contributed by atoms with Crippen LogP contribution in [0.5, 0.6) is 0 Å². The zero-order valence-electron chi connectivity index (χ0n) is 8.94. The molecule has 0 aliphatic rings. The first kappa shape index (κ1) is 13.4. The average molecular weight is 354 g/mol. The van der Waals surface area contributed by atoms with Crippen LogP contribution in [-0.4, -0.2) is 29.2 Å². The van der Waals surface area contributed by atoms with Crippen LogP contribution in [-0.2, 0) is 9.47 Å². The van der Waals surface area contributed by atoms with Gasteiger partial charge >= 0.3 is 5.97 Å². The van der Waals surface area contributed by atoms with Gasteiger partial charge in [-0.2, -0.15) is 5.10 Å². The van der Waals surface area contributed by atoms with Crippen molar-refractivity contribution in [3.8, 4) is 0 Å². The van der Waals surface area contributed by atoms with Crippen molar-refractivity contribution in [2.24, 2.45) is 0 Å². The standard InChI is InChI=1S/C9H12IN2O3P/c1-3-15-5-4-7-6-12(16-10)11-8(7)9(13)14-2/h4-6,16H,3H2,1-2H3/b5-4+. The predicted octanol–water partition coefficient (Wildman–Crippen LogP) is 2.47. The zero-order valence-corrected chi connectivity index (χ0v) is 12.1. The lowest BCUT2D eigenvalue weighted by atomic mass is 10.2. The molecule has 0 aliphatic carbocycles. The molecule has 88 valence electrons. The molecule has 0 amide bonds. The lowest BCUT2D eigenvalue weighted by molar-refractivity contribution is 0.0593. The molecule has 0 aromatic carbocycles. The Labute approximate surface area is 109 Å². The number of carbonyl (C=O) groups excluding carboxylic acids is 1. The smallest absolute Gasteiger partial charge is 0.359 e. The number of hydrogen-bond donors (Lipinski definition) is 0. The summed E-state index contributed by atoms with van der Waals surface area (Å²) in [4.78, 5) is 11.4. The molecule has 5 nitrogen and oxygen atoms in total. The van der Waals surface area contributed by atoms with Crippen LogP contribution in [0.1, 0.15) is 23.0 Å². The van der Waals surface area contributed by atoms with Gasteiger partial charge in [0.05, 0.1) is 26.4 Å². The molecular weight excluding hydrogens is 342 g/mol. The highest BCUT2D eigenvalue weighted by molar-refractivity contribution is 14.2. The summed E-state index contributed by atoms with van der Waals surface area (Å²) in [6.07, 6.45) is 5.47. The van der Waals surface area contributed by atoms with E-state index >= 15 is 0 Å². The molecular formula is C9H12IN2O3P. The van der Waals surface area contributed by atoms with Crippen molar-refractivity contribution >= 4 is 40.5 Å². The van der Waals surface area contributed by atoms with Gasteiger partial charge in [-0.1, -0.05) is 0 Å². The molecule has 1 unspecified atom stereocenters. The van der Waals surface area contributed by atoms with Gasteiger partial charge in [-0.3, -0.25) is 0 Å². The Hall–Kier alpha value is -0.620. The van der Waals surface area contributed by atoms with Crippen LogP contribution in [0.25, 0.3) is 6.08 Å². The van der Waals surface area contributed by atoms with Crippen LogP contribution in [0.3, 0.4) is 0 Å². The largest absolute Gasteiger partial charge is 0.501 e. The fraction of sp³-hybridized carbons (Fsp3) is 0.333. The van der Waals surface area contributed by atoms with Gasteiger partial charge in [0.15, 0.2) is 5.69 Å². The van der Waals surface area contributed by atoms with Crippen LogP contribution in [0.15, 0.2) is 12.5 Å². The number of halogens is 1. The van der Waals surface area contributed by atoms with E-state index in [1.165, 1.54) is 7.11 Å². The van der Waals surface area contributed by atoms with Gasteiger partial charge < -0.3 is 9.47 Å². The number of aromatic nitrogens is 2. The van der Waals surface area contributed by atoms with E-state index in [-0.39, 0.29) is 0 Å². The molecule has 0 fully saturated rings. The minimum absolute atomic E-state index is 0.308. The summed E-state index contributed by atoms with van der Waals surface area (Å²) in [7, 11) is 1.34. The molecule has 0 N–H and O–H groups in total. The molecule has 1 aromatic heterocycles. The highest BCUT2D eigenvalue weighted by Crippen LogP contribution is 2.25. The summed E-state index contributed by atoms with van der Waals surface area (Å²) in [5.41, 5.74) is 1.01. The van der Waals surface area contributed by atoms with Gasteiger partial charge in [-0.25, -0.2) is 9.25 Å². The van der Waals surface area contributed by atoms with E-state index in [0.717, 1.165) is 0 Å². The Balaban J connectivity index is 2.95. The number of rotatable bonds is 5. The van der Waals surface area contributed by atoms with Gasteiger partial charge in [-0.05, 0) is 35.0 Å². The quantitative estimate of drug-likeness (QED) is 0.353. The topological polar surface area (TPSA) is 53.4 Å². The van der Waals surface area contributed by atoms with E-state index in [4.69, 9.17) is 4.74 Å². The summed E-state index contributed by atoms with van der Waals surface area (Å²) in [6.45, 7) is 2.48. The highest BCUT2D eigenvalue weighted by Gasteiger charge is 2.15. The minimum Gasteiger partial charge on any atom is -0.501 e. The fourth-order valence-corrected chi connectivity index (χ4v) is 2.09. The van der Waals surface area contributed by atoms with E-state index in [2.05, 4.69) is 31.9 Å². The maximum atomic E-state index is 11.4. The summed E-state index contributed by atoms with van der Waals surface area (Å²) in [5.74, 6) is -0.440. The van der Waals surface area contributed by atoms with Gasteiger partial charge in [-0.15, -0.1) is 0 Å². The van der Waals surface area contributed by atoms with Crippen molar-refractivity contribution in [2.75, 3.05) is 13.7 Å². The lowest BCUT2D eigenvalue weighted by Gasteiger charge is -1.95. The second kappa shape index (κ2) is 6.85. The third kappa shape index (κ3) is 3.45. The first-order valence-corrected chi connectivity index (χ1v) is 8.61. The van der Waals surface area contributed by atoms with Gasteiger partial charge in [0.2, 0.25) is 0 Å². The lowest BCUT2D eigenvalue weighted by Crippen LogP contribution is -2.04. The zero-order chi connectivity index (χ0) is 12.0. The third-order valence-corrected chi connectivity index (χ3v) is 3.60. The second-order valence-electron chi connectivity index (χ2n) is 2.71. The van der Waals surface area contributed by atoms with Crippen LogP contribution < -0.4 is 0 Å². The molecule has 0 saturated carbocycles. The van der Waals surface area contributed by atoms with E-state index < -0.39 is 5.97 Å². The van der Waals surface area contributed by atoms with Crippen LogP contribution in [0.2, 0.25) is 0 Å². The molecule has 1 rings (SSSR count). The van der Waals surface area contributed by atoms with Crippen molar-refractivity contribution in [2.45, 2.75) is 6.92 Å². The first-order valence-electron chi connectivity index (χ1n) is 4.55. The first-order chi connectivity index (χ1) is 7.72. The number of esters is 1. The Kier molecular flexibility index (Phi) is 5.76. The molecule has 1 atom stereocenters. The van der Waals surface area contributed by atoms with Crippen molar-refractivity contribution in [1.29, 1.82) is 0 Å². The maximum Gasteiger partial charge on any atom is 0.359 e. The Morgan fingerprint density at radius 3 is 3.06 bits per heavy atom. The molecule has 0 bridgehead atoms. The maximum absolute atomic E-state index is 11.4. The molecule has 16 heavy (non-hydrogen) atoms. The van der Waals surface area contributed by atoms with Gasteiger partial charge in [0, 0.05) is 11.8 Å². The Morgan fingerprint density at radius 2 is 2.50 bits per heavy atom. The number of hydrogen-bond acceptors (Lipinski definition) is 4. The van der Waals surface area contributed by atoms with E-state index in [0.29, 0.717) is 24.2 Å². The van der Waals surface area contributed by atoms with E-state index in [1.54, 1.807) is 23.0 Å². The Morgan fingerprint density at radius 1 is 1.75 bits per heavy atom. The number of carbonyl (C=O) groups is 1.